The minimum Gasteiger partial charge on any atom is -0.326 e. The van der Waals surface area contributed by atoms with E-state index >= 15 is 0 Å². The molecule has 1 aliphatic rings. The Balaban J connectivity index is 1.91. The second-order valence-corrected chi connectivity index (χ2v) is 6.04. The van der Waals surface area contributed by atoms with Crippen molar-refractivity contribution >= 4 is 23.2 Å². The minimum absolute atomic E-state index is 0.0880. The summed E-state index contributed by atoms with van der Waals surface area (Å²) in [6.45, 7) is 3.85. The van der Waals surface area contributed by atoms with Crippen molar-refractivity contribution in [3.8, 4) is 0 Å². The summed E-state index contributed by atoms with van der Waals surface area (Å²) >= 11 is 0. The molecule has 0 saturated heterocycles. The summed E-state index contributed by atoms with van der Waals surface area (Å²) in [4.78, 5) is 24.1. The van der Waals surface area contributed by atoms with Crippen LogP contribution in [0.1, 0.15) is 62.7 Å². The van der Waals surface area contributed by atoms with Crippen LogP contribution in [0.15, 0.2) is 29.4 Å². The maximum atomic E-state index is 12.2. The third-order valence-corrected chi connectivity index (χ3v) is 4.25. The second kappa shape index (κ2) is 8.46. The van der Waals surface area contributed by atoms with Gasteiger partial charge in [0, 0.05) is 22.9 Å². The number of carbonyl (C=O) groups excluding carboxylic acids is 2. The first-order valence-corrected chi connectivity index (χ1v) is 8.34. The topological polar surface area (TPSA) is 70.6 Å². The first-order chi connectivity index (χ1) is 11.1. The van der Waals surface area contributed by atoms with E-state index in [-0.39, 0.29) is 17.7 Å². The summed E-state index contributed by atoms with van der Waals surface area (Å²) in [5.74, 6) is -0.0360. The average Bonchev–Trinajstić information content (AvgIpc) is 2.60. The SMILES string of the molecule is CC/C(C)=N/NC(=O)c1ccc(NC(=O)C2CCCCC2)cc1. The number of hydrogen-bond acceptors (Lipinski definition) is 3. The van der Waals surface area contributed by atoms with E-state index in [1.807, 2.05) is 13.8 Å². The molecule has 1 aromatic carbocycles. The zero-order valence-corrected chi connectivity index (χ0v) is 13.9. The van der Waals surface area contributed by atoms with Crippen LogP contribution in [0.4, 0.5) is 5.69 Å². The average molecular weight is 315 g/mol. The number of amides is 2. The van der Waals surface area contributed by atoms with Gasteiger partial charge in [-0.1, -0.05) is 26.2 Å². The molecule has 124 valence electrons. The molecule has 0 spiro atoms. The van der Waals surface area contributed by atoms with Gasteiger partial charge in [0.25, 0.3) is 5.91 Å². The lowest BCUT2D eigenvalue weighted by Crippen LogP contribution is -2.24. The predicted octanol–water partition coefficient (Wildman–Crippen LogP) is 3.72. The molecule has 0 unspecified atom stereocenters. The Morgan fingerprint density at radius 1 is 1.13 bits per heavy atom. The van der Waals surface area contributed by atoms with Gasteiger partial charge in [0.05, 0.1) is 0 Å². The lowest BCUT2D eigenvalue weighted by Gasteiger charge is -2.20. The molecule has 5 nitrogen and oxygen atoms in total. The zero-order valence-electron chi connectivity index (χ0n) is 13.9. The molecule has 2 amide bonds. The van der Waals surface area contributed by atoms with Gasteiger partial charge in [0.1, 0.15) is 0 Å². The molecule has 0 heterocycles. The molecule has 0 aromatic heterocycles. The summed E-state index contributed by atoms with van der Waals surface area (Å²) in [7, 11) is 0. The van der Waals surface area contributed by atoms with Gasteiger partial charge in [0.2, 0.25) is 5.91 Å². The molecule has 1 aromatic rings. The Morgan fingerprint density at radius 3 is 2.39 bits per heavy atom. The van der Waals surface area contributed by atoms with Crippen LogP contribution in [0.2, 0.25) is 0 Å². The predicted molar refractivity (Wildman–Crippen MR) is 92.5 cm³/mol. The van der Waals surface area contributed by atoms with Gasteiger partial charge >= 0.3 is 0 Å². The summed E-state index contributed by atoms with van der Waals surface area (Å²) < 4.78 is 0. The highest BCUT2D eigenvalue weighted by atomic mass is 16.2. The van der Waals surface area contributed by atoms with Crippen molar-refractivity contribution in [1.82, 2.24) is 5.43 Å². The summed E-state index contributed by atoms with van der Waals surface area (Å²) in [5, 5.41) is 6.94. The van der Waals surface area contributed by atoms with Crippen LogP contribution in [0, 0.1) is 5.92 Å². The molecule has 23 heavy (non-hydrogen) atoms. The molecule has 1 saturated carbocycles. The van der Waals surface area contributed by atoms with E-state index in [2.05, 4.69) is 15.8 Å². The van der Waals surface area contributed by atoms with Crippen LogP contribution in [-0.4, -0.2) is 17.5 Å². The third kappa shape index (κ3) is 5.20. The normalized spacial score (nSPS) is 16.0. The maximum absolute atomic E-state index is 12.2. The van der Waals surface area contributed by atoms with E-state index < -0.39 is 0 Å². The Hall–Kier alpha value is -2.17. The monoisotopic (exact) mass is 315 g/mol. The number of anilines is 1. The van der Waals surface area contributed by atoms with Crippen molar-refractivity contribution in [1.29, 1.82) is 0 Å². The Bertz CT molecular complexity index is 572. The van der Waals surface area contributed by atoms with Crippen LogP contribution in [0.25, 0.3) is 0 Å². The molecule has 0 radical (unpaired) electrons. The summed E-state index contributed by atoms with van der Waals surface area (Å²) in [6.07, 6.45) is 6.24. The Labute approximate surface area is 137 Å². The molecule has 2 N–H and O–H groups in total. The molecule has 2 rings (SSSR count). The standard InChI is InChI=1S/C18H25N3O2/c1-3-13(2)20-21-18(23)15-9-11-16(12-10-15)19-17(22)14-7-5-4-6-8-14/h9-12,14H,3-8H2,1-2H3,(H,19,22)(H,21,23)/b20-13+. The molecule has 5 heteroatoms. The largest absolute Gasteiger partial charge is 0.326 e. The first-order valence-electron chi connectivity index (χ1n) is 8.34. The molecular formula is C18H25N3O2. The number of hydrogen-bond donors (Lipinski definition) is 2. The summed E-state index contributed by atoms with van der Waals surface area (Å²) in [5.41, 5.74) is 4.64. The van der Waals surface area contributed by atoms with E-state index in [4.69, 9.17) is 0 Å². The number of carbonyl (C=O) groups is 2. The zero-order chi connectivity index (χ0) is 16.7. The lowest BCUT2D eigenvalue weighted by atomic mass is 9.88. The van der Waals surface area contributed by atoms with Crippen molar-refractivity contribution in [3.05, 3.63) is 29.8 Å². The number of benzene rings is 1. The number of nitrogens with one attached hydrogen (secondary N) is 2. The second-order valence-electron chi connectivity index (χ2n) is 6.04. The number of nitrogens with zero attached hydrogens (tertiary/aromatic N) is 1. The fourth-order valence-electron chi connectivity index (χ4n) is 2.60. The molecule has 0 aliphatic heterocycles. The van der Waals surface area contributed by atoms with Gasteiger partial charge in [-0.2, -0.15) is 5.10 Å². The van der Waals surface area contributed by atoms with Crippen LogP contribution in [0.3, 0.4) is 0 Å². The van der Waals surface area contributed by atoms with Gasteiger partial charge in [-0.3, -0.25) is 9.59 Å². The van der Waals surface area contributed by atoms with E-state index in [1.54, 1.807) is 24.3 Å². The van der Waals surface area contributed by atoms with Gasteiger partial charge in [-0.05, 0) is 50.5 Å². The van der Waals surface area contributed by atoms with Gasteiger partial charge < -0.3 is 5.32 Å². The molecule has 0 bridgehead atoms. The van der Waals surface area contributed by atoms with E-state index in [9.17, 15) is 9.59 Å². The number of hydrazone groups is 1. The maximum Gasteiger partial charge on any atom is 0.271 e. The van der Waals surface area contributed by atoms with E-state index in [0.29, 0.717) is 5.56 Å². The van der Waals surface area contributed by atoms with Crippen LogP contribution < -0.4 is 10.7 Å². The van der Waals surface area contributed by atoms with Gasteiger partial charge in [-0.25, -0.2) is 5.43 Å². The fraction of sp³-hybridized carbons (Fsp3) is 0.500. The lowest BCUT2D eigenvalue weighted by molar-refractivity contribution is -0.120. The van der Waals surface area contributed by atoms with E-state index in [1.165, 1.54) is 6.42 Å². The minimum atomic E-state index is -0.247. The van der Waals surface area contributed by atoms with Crippen molar-refractivity contribution in [2.75, 3.05) is 5.32 Å². The third-order valence-electron chi connectivity index (χ3n) is 4.25. The van der Waals surface area contributed by atoms with Crippen molar-refractivity contribution in [2.24, 2.45) is 11.0 Å². The Morgan fingerprint density at radius 2 is 1.78 bits per heavy atom. The highest BCUT2D eigenvalue weighted by Gasteiger charge is 2.21. The molecule has 1 fully saturated rings. The van der Waals surface area contributed by atoms with Crippen LogP contribution in [-0.2, 0) is 4.79 Å². The van der Waals surface area contributed by atoms with Crippen LogP contribution in [0.5, 0.6) is 0 Å². The molecule has 0 atom stereocenters. The quantitative estimate of drug-likeness (QED) is 0.642. The fourth-order valence-corrected chi connectivity index (χ4v) is 2.60. The molecule has 1 aliphatic carbocycles. The Kier molecular flexibility index (Phi) is 6.32. The van der Waals surface area contributed by atoms with Crippen LogP contribution >= 0.6 is 0 Å². The first kappa shape index (κ1) is 17.2. The smallest absolute Gasteiger partial charge is 0.271 e. The highest BCUT2D eigenvalue weighted by Crippen LogP contribution is 2.25. The summed E-state index contributed by atoms with van der Waals surface area (Å²) in [6, 6.07) is 6.91. The van der Waals surface area contributed by atoms with Gasteiger partial charge in [-0.15, -0.1) is 0 Å². The number of rotatable bonds is 5. The highest BCUT2D eigenvalue weighted by molar-refractivity contribution is 5.96. The van der Waals surface area contributed by atoms with Crippen molar-refractivity contribution < 1.29 is 9.59 Å². The van der Waals surface area contributed by atoms with Crippen molar-refractivity contribution in [2.45, 2.75) is 52.4 Å². The van der Waals surface area contributed by atoms with E-state index in [0.717, 1.165) is 43.5 Å². The molecular weight excluding hydrogens is 290 g/mol. The van der Waals surface area contributed by atoms with Crippen molar-refractivity contribution in [3.63, 3.8) is 0 Å². The van der Waals surface area contributed by atoms with Gasteiger partial charge in [0.15, 0.2) is 0 Å².